The van der Waals surface area contributed by atoms with E-state index in [1.165, 1.54) is 12.5 Å². The van der Waals surface area contributed by atoms with Crippen molar-refractivity contribution in [1.82, 2.24) is 0 Å². The lowest BCUT2D eigenvalue weighted by molar-refractivity contribution is -0.0207. The molecule has 5 rings (SSSR count). The molecule has 4 bridgehead atoms. The summed E-state index contributed by atoms with van der Waals surface area (Å²) >= 11 is 0. The number of para-hydroxylation sites is 1. The van der Waals surface area contributed by atoms with Gasteiger partial charge >= 0.3 is 0 Å². The van der Waals surface area contributed by atoms with E-state index in [1.54, 1.807) is 12.1 Å². The predicted octanol–water partition coefficient (Wildman–Crippen LogP) is 3.96. The molecule has 1 aromatic carbocycles. The summed E-state index contributed by atoms with van der Waals surface area (Å²) in [6.07, 6.45) is 5.92. The maximum Gasteiger partial charge on any atom is 0.146 e. The van der Waals surface area contributed by atoms with Gasteiger partial charge in [-0.3, -0.25) is 0 Å². The van der Waals surface area contributed by atoms with Crippen molar-refractivity contribution in [1.29, 1.82) is 5.26 Å². The van der Waals surface area contributed by atoms with Gasteiger partial charge in [-0.15, -0.1) is 0 Å². The van der Waals surface area contributed by atoms with Gasteiger partial charge in [0.2, 0.25) is 0 Å². The van der Waals surface area contributed by atoms with Crippen molar-refractivity contribution in [3.8, 4) is 6.07 Å². The maximum atomic E-state index is 13.9. The van der Waals surface area contributed by atoms with Crippen LogP contribution in [-0.2, 0) is 0 Å². The van der Waals surface area contributed by atoms with Gasteiger partial charge in [-0.25, -0.2) is 4.39 Å². The van der Waals surface area contributed by atoms with Gasteiger partial charge in [0.05, 0.1) is 11.8 Å². The Bertz CT molecular complexity index is 547. The molecule has 4 aliphatic rings. The van der Waals surface area contributed by atoms with Gasteiger partial charge in [-0.05, 0) is 67.9 Å². The molecule has 0 unspecified atom stereocenters. The van der Waals surface area contributed by atoms with E-state index in [-0.39, 0.29) is 5.82 Å². The molecule has 0 heterocycles. The highest BCUT2D eigenvalue weighted by Gasteiger charge is 2.58. The molecule has 1 aromatic rings. The van der Waals surface area contributed by atoms with Crippen LogP contribution in [0.4, 0.5) is 10.1 Å². The van der Waals surface area contributed by atoms with Crippen LogP contribution in [0.25, 0.3) is 0 Å². The van der Waals surface area contributed by atoms with Crippen molar-refractivity contribution in [3.05, 3.63) is 30.1 Å². The fourth-order valence-corrected chi connectivity index (χ4v) is 5.13. The first-order valence-corrected chi connectivity index (χ1v) is 7.65. The second-order valence-electron chi connectivity index (χ2n) is 6.89. The molecule has 20 heavy (non-hydrogen) atoms. The van der Waals surface area contributed by atoms with Crippen LogP contribution in [0.5, 0.6) is 0 Å². The maximum absolute atomic E-state index is 13.9. The van der Waals surface area contributed by atoms with Gasteiger partial charge in [0, 0.05) is 0 Å². The minimum atomic E-state index is -0.546. The van der Waals surface area contributed by atoms with Gasteiger partial charge < -0.3 is 5.32 Å². The van der Waals surface area contributed by atoms with E-state index >= 15 is 0 Å². The fraction of sp³-hybridized carbons (Fsp3) is 0.588. The number of hydrogen-bond acceptors (Lipinski definition) is 2. The lowest BCUT2D eigenvalue weighted by Gasteiger charge is -2.58. The summed E-state index contributed by atoms with van der Waals surface area (Å²) in [4.78, 5) is 0. The Morgan fingerprint density at radius 3 is 2.20 bits per heavy atom. The summed E-state index contributed by atoms with van der Waals surface area (Å²) in [7, 11) is 0. The minimum absolute atomic E-state index is 0.254. The van der Waals surface area contributed by atoms with Gasteiger partial charge in [0.1, 0.15) is 11.4 Å². The first-order chi connectivity index (χ1) is 9.71. The molecule has 0 atom stereocenters. The molecular formula is C17H19FN2. The van der Waals surface area contributed by atoms with Crippen molar-refractivity contribution >= 4 is 5.69 Å². The SMILES string of the molecule is N#CC1(Nc2ccccc2F)C2CC3CC(C2)CC1C3. The molecule has 104 valence electrons. The summed E-state index contributed by atoms with van der Waals surface area (Å²) in [5.41, 5.74) is -0.0585. The molecule has 4 saturated carbocycles. The highest BCUT2D eigenvalue weighted by Crippen LogP contribution is 2.59. The molecule has 4 fully saturated rings. The van der Waals surface area contributed by atoms with Crippen molar-refractivity contribution in [3.63, 3.8) is 0 Å². The Hall–Kier alpha value is -1.56. The Balaban J connectivity index is 1.71. The third-order valence-corrected chi connectivity index (χ3v) is 5.83. The minimum Gasteiger partial charge on any atom is -0.365 e. The lowest BCUT2D eigenvalue weighted by Crippen LogP contribution is -2.61. The van der Waals surface area contributed by atoms with E-state index in [9.17, 15) is 9.65 Å². The largest absolute Gasteiger partial charge is 0.365 e. The fourth-order valence-electron chi connectivity index (χ4n) is 5.13. The standard InChI is InChI=1S/C17H19FN2/c18-15-3-1-2-4-16(15)20-17(10-19)13-6-11-5-12(8-13)9-14(17)7-11/h1-4,11-14,20H,5-9H2. The molecule has 3 heteroatoms. The second kappa shape index (κ2) is 4.22. The van der Waals surface area contributed by atoms with Crippen LogP contribution in [0.1, 0.15) is 32.1 Å². The molecule has 0 aliphatic heterocycles. The van der Waals surface area contributed by atoms with Crippen LogP contribution in [0.3, 0.4) is 0 Å². The molecule has 2 nitrogen and oxygen atoms in total. The smallest absolute Gasteiger partial charge is 0.146 e. The highest BCUT2D eigenvalue weighted by molar-refractivity contribution is 5.50. The van der Waals surface area contributed by atoms with Crippen LogP contribution in [-0.4, -0.2) is 5.54 Å². The average molecular weight is 270 g/mol. The lowest BCUT2D eigenvalue weighted by atomic mass is 9.49. The Kier molecular flexibility index (Phi) is 2.57. The Morgan fingerprint density at radius 2 is 1.65 bits per heavy atom. The molecular weight excluding hydrogens is 251 g/mol. The van der Waals surface area contributed by atoms with Crippen molar-refractivity contribution in [2.24, 2.45) is 23.7 Å². The van der Waals surface area contributed by atoms with Gasteiger partial charge in [-0.2, -0.15) is 5.26 Å². The van der Waals surface area contributed by atoms with E-state index in [0.29, 0.717) is 17.5 Å². The quantitative estimate of drug-likeness (QED) is 0.883. The summed E-state index contributed by atoms with van der Waals surface area (Å²) in [6.45, 7) is 0. The topological polar surface area (TPSA) is 35.8 Å². The van der Waals surface area contributed by atoms with Crippen LogP contribution < -0.4 is 5.32 Å². The van der Waals surface area contributed by atoms with Crippen molar-refractivity contribution < 1.29 is 4.39 Å². The van der Waals surface area contributed by atoms with Crippen molar-refractivity contribution in [2.75, 3.05) is 5.32 Å². The van der Waals surface area contributed by atoms with E-state index in [4.69, 9.17) is 0 Å². The number of rotatable bonds is 2. The van der Waals surface area contributed by atoms with Gasteiger partial charge in [0.25, 0.3) is 0 Å². The van der Waals surface area contributed by atoms with Crippen LogP contribution >= 0.6 is 0 Å². The zero-order chi connectivity index (χ0) is 13.7. The van der Waals surface area contributed by atoms with Gasteiger partial charge in [-0.1, -0.05) is 12.1 Å². The average Bonchev–Trinajstić information content (AvgIpc) is 2.44. The van der Waals surface area contributed by atoms with E-state index in [0.717, 1.165) is 37.5 Å². The molecule has 0 saturated heterocycles. The number of hydrogen-bond donors (Lipinski definition) is 1. The van der Waals surface area contributed by atoms with Gasteiger partial charge in [0.15, 0.2) is 0 Å². The van der Waals surface area contributed by atoms with E-state index in [1.807, 2.05) is 6.07 Å². The Morgan fingerprint density at radius 1 is 1.05 bits per heavy atom. The normalized spacial score (nSPS) is 41.4. The molecule has 1 N–H and O–H groups in total. The third-order valence-electron chi connectivity index (χ3n) is 5.83. The summed E-state index contributed by atoms with van der Waals surface area (Å²) in [5.74, 6) is 2.14. The zero-order valence-corrected chi connectivity index (χ0v) is 11.5. The highest BCUT2D eigenvalue weighted by atomic mass is 19.1. The molecule has 4 aliphatic carbocycles. The zero-order valence-electron chi connectivity index (χ0n) is 11.5. The number of anilines is 1. The molecule has 0 amide bonds. The monoisotopic (exact) mass is 270 g/mol. The first kappa shape index (κ1) is 12.2. The molecule has 0 spiro atoms. The predicted molar refractivity (Wildman–Crippen MR) is 75.4 cm³/mol. The number of benzene rings is 1. The summed E-state index contributed by atoms with van der Waals surface area (Å²) < 4.78 is 13.9. The number of nitrogens with one attached hydrogen (secondary N) is 1. The number of nitrogens with zero attached hydrogens (tertiary/aromatic N) is 1. The summed E-state index contributed by atoms with van der Waals surface area (Å²) in [5, 5.41) is 13.2. The van der Waals surface area contributed by atoms with Crippen LogP contribution in [0, 0.1) is 40.8 Å². The summed E-state index contributed by atoms with van der Waals surface area (Å²) in [6, 6.07) is 9.29. The van der Waals surface area contributed by atoms with E-state index in [2.05, 4.69) is 11.4 Å². The molecule has 0 aromatic heterocycles. The number of nitriles is 1. The second-order valence-corrected chi connectivity index (χ2v) is 6.89. The van der Waals surface area contributed by atoms with Crippen LogP contribution in [0.15, 0.2) is 24.3 Å². The van der Waals surface area contributed by atoms with Crippen LogP contribution in [0.2, 0.25) is 0 Å². The first-order valence-electron chi connectivity index (χ1n) is 7.65. The number of halogens is 1. The molecule has 0 radical (unpaired) electrons. The van der Waals surface area contributed by atoms with Crippen molar-refractivity contribution in [2.45, 2.75) is 37.6 Å². The van der Waals surface area contributed by atoms with E-state index < -0.39 is 5.54 Å². The Labute approximate surface area is 119 Å². The third kappa shape index (κ3) is 1.60.